The summed E-state index contributed by atoms with van der Waals surface area (Å²) in [5.74, 6) is 1.40. The van der Waals surface area contributed by atoms with Gasteiger partial charge >= 0.3 is 18.5 Å². The number of benzene rings is 12. The van der Waals surface area contributed by atoms with Crippen LogP contribution in [0.5, 0.6) is 23.0 Å². The second kappa shape index (κ2) is 27.6. The van der Waals surface area contributed by atoms with E-state index < -0.39 is 51.3 Å². The Morgan fingerprint density at radius 2 is 0.876 bits per heavy atom. The van der Waals surface area contributed by atoms with Crippen molar-refractivity contribution in [2.24, 2.45) is 0 Å². The van der Waals surface area contributed by atoms with Gasteiger partial charge < -0.3 is 18.9 Å². The highest BCUT2D eigenvalue weighted by Gasteiger charge is 2.57. The van der Waals surface area contributed by atoms with Crippen LogP contribution in [0.1, 0.15) is 203 Å². The summed E-state index contributed by atoms with van der Waals surface area (Å²) in [6.07, 6.45) is -0.200. The van der Waals surface area contributed by atoms with E-state index in [0.29, 0.717) is 62.5 Å². The molecule has 0 saturated heterocycles. The van der Waals surface area contributed by atoms with Gasteiger partial charge in [-0.05, 0) is 289 Å². The predicted molar refractivity (Wildman–Crippen MR) is 437 cm³/mol. The molecule has 6 nitrogen and oxygen atoms in total. The fraction of sp³-hybridized carbons (Fsp3) is 0.267. The van der Waals surface area contributed by atoms with Gasteiger partial charge in [0, 0.05) is 16.4 Å². The van der Waals surface area contributed by atoms with Gasteiger partial charge in [0.05, 0.1) is 29.1 Å². The lowest BCUT2D eigenvalue weighted by Gasteiger charge is -2.34. The van der Waals surface area contributed by atoms with Gasteiger partial charge in [-0.3, -0.25) is 4.79 Å². The zero-order valence-electron chi connectivity index (χ0n) is 65.5. The van der Waals surface area contributed by atoms with Crippen LogP contribution in [0.25, 0.3) is 77.9 Å². The van der Waals surface area contributed by atoms with E-state index in [2.05, 4.69) is 123 Å². The Bertz CT molecular complexity index is 5930. The average Bonchev–Trinajstić information content (AvgIpc) is 1.50. The third-order valence-electron chi connectivity index (χ3n) is 25.6. The van der Waals surface area contributed by atoms with Gasteiger partial charge in [-0.15, -0.1) is 0 Å². The van der Waals surface area contributed by atoms with Gasteiger partial charge in [0.25, 0.3) is 6.47 Å². The zero-order chi connectivity index (χ0) is 79.2. The molecule has 12 aromatic carbocycles. The fourth-order valence-corrected chi connectivity index (χ4v) is 20.4. The molecule has 0 heterocycles. The van der Waals surface area contributed by atoms with Crippen LogP contribution >= 0.6 is 0 Å². The molecule has 0 aliphatic heterocycles. The number of hydrogen-bond acceptors (Lipinski definition) is 6. The molecular weight excluding hydrogens is 1420 g/mol. The van der Waals surface area contributed by atoms with Gasteiger partial charge in [-0.2, -0.15) is 26.3 Å². The first-order valence-electron chi connectivity index (χ1n) is 39.5. The van der Waals surface area contributed by atoms with Crippen LogP contribution in [0.3, 0.4) is 0 Å². The van der Waals surface area contributed by atoms with Gasteiger partial charge in [0.1, 0.15) is 23.0 Å². The van der Waals surface area contributed by atoms with E-state index in [1.54, 1.807) is 52.1 Å². The van der Waals surface area contributed by atoms with Crippen LogP contribution in [-0.2, 0) is 38.8 Å². The van der Waals surface area contributed by atoms with Crippen LogP contribution < -0.4 is 18.9 Å². The molecule has 5 aliphatic carbocycles. The number of hydrogen-bond donors (Lipinski definition) is 0. The second-order valence-corrected chi connectivity index (χ2v) is 32.6. The molecule has 0 bridgehead atoms. The summed E-state index contributed by atoms with van der Waals surface area (Å²) < 4.78 is 118. The first-order valence-corrected chi connectivity index (χ1v) is 39.5. The first kappa shape index (κ1) is 74.5. The minimum Gasteiger partial charge on any atom is -0.496 e. The van der Waals surface area contributed by atoms with E-state index in [9.17, 15) is 9.59 Å². The van der Waals surface area contributed by atoms with Crippen molar-refractivity contribution >= 4 is 12.6 Å². The number of ether oxygens (including phenoxy) is 4. The Kier molecular flexibility index (Phi) is 18.2. The summed E-state index contributed by atoms with van der Waals surface area (Å²) >= 11 is 0. The lowest BCUT2D eigenvalue weighted by atomic mass is 9.68. The molecule has 2 unspecified atom stereocenters. The maximum atomic E-state index is 16.3. The molecule has 12 aromatic rings. The molecule has 0 amide bonds. The maximum absolute atomic E-state index is 16.3. The van der Waals surface area contributed by atoms with Crippen LogP contribution in [-0.4, -0.2) is 19.7 Å². The number of carbonyl (C=O) groups excluding carboxylic acids is 2. The van der Waals surface area contributed by atoms with Gasteiger partial charge in [0.2, 0.25) is 0 Å². The number of carbonyl (C=O) groups is 2. The van der Waals surface area contributed by atoms with E-state index in [-0.39, 0.29) is 17.1 Å². The van der Waals surface area contributed by atoms with Crippen LogP contribution in [0.15, 0.2) is 206 Å². The smallest absolute Gasteiger partial charge is 0.496 e. The molecule has 0 N–H and O–H groups in total. The molecule has 0 fully saturated rings. The molecule has 5 aliphatic rings. The minimum absolute atomic E-state index is 0.0380. The largest absolute Gasteiger partial charge is 0.519 e. The second-order valence-electron chi connectivity index (χ2n) is 32.6. The van der Waals surface area contributed by atoms with E-state index in [1.807, 2.05) is 89.2 Å². The predicted octanol–water partition coefficient (Wildman–Crippen LogP) is 27.3. The van der Waals surface area contributed by atoms with Gasteiger partial charge in [-0.25, -0.2) is 4.79 Å². The lowest BCUT2D eigenvalue weighted by Crippen LogP contribution is -2.27. The van der Waals surface area contributed by atoms with Crippen molar-refractivity contribution in [3.63, 3.8) is 0 Å². The van der Waals surface area contributed by atoms with E-state index >= 15 is 26.3 Å². The minimum atomic E-state index is -4.79. The normalized spacial score (nSPS) is 16.0. The van der Waals surface area contributed by atoms with Crippen molar-refractivity contribution in [2.45, 2.75) is 167 Å². The molecule has 2 atom stereocenters. The standard InChI is InChI=1S/C101H88F6O6/c1-12-14-16-20-42-97(43-21-17-15-13-2)80-50-63(25-38-73(80)74-39-26-64(51-81(74)97)66-28-41-77-75-37-24-57(3)44-82(75)99(85(77)53-66)83-48-59(5)90(110-11)55-78(83)91-60(6)47-69(54-88(91)99)100(102,103)104)65-27-40-76-72-22-18-19-23-79(72)98(84(76)52-65)86-45-58(4)46-89(101(105,106)107)93(86)92-62(8)94(61(7)49-87(92)98)113-95(109)112-71-35-31-68(32-36-71)96(9,10)67-29-33-70(34-30-67)111-56-108/h18-19,22-41,44-56H,12-17,20-21,42-43H2,1-11H3. The van der Waals surface area contributed by atoms with E-state index in [4.69, 9.17) is 18.9 Å². The molecule has 0 aromatic heterocycles. The fourth-order valence-electron chi connectivity index (χ4n) is 20.4. The SMILES string of the molecule is CCCCCCC1(CCCCCC)c2cc(-c3ccc4c(c3)C3(c5cc(C)ccc5-4)c4cc(C)c(OC)cc4-c4c(C)cc(C(F)(F)F)cc43)ccc2-c2ccc(-c3ccc4c(c3)C3(c5ccccc5-4)c4cc(C)cc(C(F)(F)F)c4-c4c3cc(C)c(OC(=O)Oc3ccc(C(C)(C)c5ccc(OC=O)cc5)cc3)c4C)cc21. The van der Waals surface area contributed by atoms with Crippen molar-refractivity contribution in [3.05, 3.63) is 318 Å². The van der Waals surface area contributed by atoms with Gasteiger partial charge in [-0.1, -0.05) is 224 Å². The van der Waals surface area contributed by atoms with Crippen molar-refractivity contribution in [1.29, 1.82) is 0 Å². The summed E-state index contributed by atoms with van der Waals surface area (Å²) in [6, 6.07) is 67.7. The maximum Gasteiger partial charge on any atom is 0.519 e. The Balaban J connectivity index is 0.788. The molecule has 17 rings (SSSR count). The molecule has 0 radical (unpaired) electrons. The van der Waals surface area contributed by atoms with E-state index in [1.165, 1.54) is 34.9 Å². The first-order chi connectivity index (χ1) is 54.2. The van der Waals surface area contributed by atoms with Crippen LogP contribution in [0, 0.1) is 41.5 Å². The Morgan fingerprint density at radius 3 is 1.42 bits per heavy atom. The number of fused-ring (bicyclic) bond motifs is 23. The number of alkyl halides is 6. The summed E-state index contributed by atoms with van der Waals surface area (Å²) in [5.41, 5.74) is 21.7. The molecule has 570 valence electrons. The summed E-state index contributed by atoms with van der Waals surface area (Å²) in [7, 11) is 1.64. The number of halogens is 6. The number of methoxy groups -OCH3 is 1. The molecule has 113 heavy (non-hydrogen) atoms. The van der Waals surface area contributed by atoms with Crippen molar-refractivity contribution < 1.29 is 54.9 Å². The topological polar surface area (TPSA) is 71.1 Å². The van der Waals surface area contributed by atoms with Crippen molar-refractivity contribution in [2.75, 3.05) is 7.11 Å². The van der Waals surface area contributed by atoms with Gasteiger partial charge in [0.15, 0.2) is 0 Å². The van der Waals surface area contributed by atoms with Crippen molar-refractivity contribution in [1.82, 2.24) is 0 Å². The Labute approximate surface area is 656 Å². The molecule has 0 saturated carbocycles. The average molecular weight is 1510 g/mol. The molecule has 2 spiro atoms. The zero-order valence-corrected chi connectivity index (χ0v) is 65.5. The lowest BCUT2D eigenvalue weighted by molar-refractivity contribution is -0.138. The van der Waals surface area contributed by atoms with E-state index in [0.717, 1.165) is 175 Å². The summed E-state index contributed by atoms with van der Waals surface area (Å²) in [6.45, 7) is 20.1. The summed E-state index contributed by atoms with van der Waals surface area (Å²) in [4.78, 5) is 25.2. The number of aryl methyl sites for hydroxylation is 5. The number of rotatable bonds is 19. The Morgan fingerprint density at radius 1 is 0.398 bits per heavy atom. The highest BCUT2D eigenvalue weighted by atomic mass is 19.4. The molecule has 12 heteroatoms. The van der Waals surface area contributed by atoms with Crippen molar-refractivity contribution in [3.8, 4) is 101 Å². The number of unbranched alkanes of at least 4 members (excludes halogenated alkanes) is 6. The quantitative estimate of drug-likeness (QED) is 0.0264. The highest BCUT2D eigenvalue weighted by molar-refractivity contribution is 6.01. The summed E-state index contributed by atoms with van der Waals surface area (Å²) in [5, 5.41) is 0. The van der Waals surface area contributed by atoms with Crippen LogP contribution in [0.2, 0.25) is 0 Å². The third kappa shape index (κ3) is 11.5. The third-order valence-corrected chi connectivity index (χ3v) is 25.6. The highest BCUT2D eigenvalue weighted by Crippen LogP contribution is 2.69. The van der Waals surface area contributed by atoms with Crippen LogP contribution in [0.4, 0.5) is 31.1 Å². The Hall–Kier alpha value is -11.2. The monoisotopic (exact) mass is 1510 g/mol. The molecular formula is C101H88F6O6.